The van der Waals surface area contributed by atoms with E-state index in [4.69, 9.17) is 10.5 Å². The Labute approximate surface area is 145 Å². The van der Waals surface area contributed by atoms with Crippen LogP contribution in [0.1, 0.15) is 25.3 Å². The molecule has 130 valence electrons. The van der Waals surface area contributed by atoms with Gasteiger partial charge in [-0.15, -0.1) is 12.4 Å². The van der Waals surface area contributed by atoms with Crippen LogP contribution in [0.2, 0.25) is 0 Å². The van der Waals surface area contributed by atoms with Gasteiger partial charge in [0.1, 0.15) is 5.75 Å². The van der Waals surface area contributed by atoms with Crippen LogP contribution < -0.4 is 10.5 Å². The summed E-state index contributed by atoms with van der Waals surface area (Å²) < 4.78 is 5.18. The first kappa shape index (κ1) is 19.7. The number of rotatable bonds is 5. The number of methoxy groups -OCH3 is 1. The van der Waals surface area contributed by atoms with Crippen LogP contribution in [0.25, 0.3) is 0 Å². The molecule has 2 N–H and O–H groups in total. The number of amides is 1. The van der Waals surface area contributed by atoms with E-state index in [0.717, 1.165) is 44.9 Å². The Morgan fingerprint density at radius 1 is 1.22 bits per heavy atom. The van der Waals surface area contributed by atoms with Crippen molar-refractivity contribution < 1.29 is 9.53 Å². The van der Waals surface area contributed by atoms with Crippen molar-refractivity contribution in [3.8, 4) is 5.75 Å². The van der Waals surface area contributed by atoms with Crippen LogP contribution in [0.3, 0.4) is 0 Å². The summed E-state index contributed by atoms with van der Waals surface area (Å²) >= 11 is 0. The number of nitrogens with two attached hydrogens (primary N) is 1. The largest absolute Gasteiger partial charge is 0.497 e. The van der Waals surface area contributed by atoms with E-state index in [-0.39, 0.29) is 24.4 Å². The Kier molecular flexibility index (Phi) is 8.37. The van der Waals surface area contributed by atoms with Crippen molar-refractivity contribution in [2.24, 2.45) is 5.73 Å². The molecule has 0 bridgehead atoms. The number of nitrogens with zero attached hydrogens (tertiary/aromatic N) is 2. The lowest BCUT2D eigenvalue weighted by Crippen LogP contribution is -2.37. The Hall–Kier alpha value is -1.30. The molecular formula is C17H28ClN3O2. The highest BCUT2D eigenvalue weighted by molar-refractivity contribution is 5.85. The fourth-order valence-corrected chi connectivity index (χ4v) is 2.77. The predicted octanol–water partition coefficient (Wildman–Crippen LogP) is 1.89. The molecule has 1 heterocycles. The van der Waals surface area contributed by atoms with E-state index < -0.39 is 0 Å². The van der Waals surface area contributed by atoms with E-state index in [1.807, 2.05) is 24.0 Å². The Bertz CT molecular complexity index is 479. The second-order valence-corrected chi connectivity index (χ2v) is 6.04. The molecule has 5 nitrogen and oxygen atoms in total. The molecule has 0 radical (unpaired) electrons. The highest BCUT2D eigenvalue weighted by atomic mass is 35.5. The van der Waals surface area contributed by atoms with E-state index in [0.29, 0.717) is 6.42 Å². The summed E-state index contributed by atoms with van der Waals surface area (Å²) in [5.41, 5.74) is 7.00. The second kappa shape index (κ2) is 9.75. The van der Waals surface area contributed by atoms with Crippen LogP contribution >= 0.6 is 12.4 Å². The standard InChI is InChI=1S/C17H27N3O2.ClH/c1-14(18)12-17(21)20-9-3-8-19(10-11-20)13-15-4-6-16(22-2)7-5-15;/h4-7,14H,3,8-13,18H2,1-2H3;1H. The van der Waals surface area contributed by atoms with Crippen molar-refractivity contribution in [3.05, 3.63) is 29.8 Å². The number of halogens is 1. The van der Waals surface area contributed by atoms with Crippen molar-refractivity contribution in [3.63, 3.8) is 0 Å². The fraction of sp³-hybridized carbons (Fsp3) is 0.588. The highest BCUT2D eigenvalue weighted by Crippen LogP contribution is 2.14. The van der Waals surface area contributed by atoms with E-state index in [1.54, 1.807) is 7.11 Å². The molecular weight excluding hydrogens is 314 g/mol. The number of benzene rings is 1. The van der Waals surface area contributed by atoms with Crippen LogP contribution in [0.15, 0.2) is 24.3 Å². The molecule has 1 fully saturated rings. The van der Waals surface area contributed by atoms with Crippen molar-refractivity contribution in [2.45, 2.75) is 32.4 Å². The van der Waals surface area contributed by atoms with Gasteiger partial charge >= 0.3 is 0 Å². The molecule has 2 rings (SSSR count). The lowest BCUT2D eigenvalue weighted by Gasteiger charge is -2.22. The molecule has 1 aromatic carbocycles. The average Bonchev–Trinajstić information content (AvgIpc) is 2.73. The first-order valence-electron chi connectivity index (χ1n) is 7.97. The maximum atomic E-state index is 12.1. The molecule has 1 aliphatic heterocycles. The molecule has 0 aliphatic carbocycles. The maximum absolute atomic E-state index is 12.1. The SMILES string of the molecule is COc1ccc(CN2CCCN(C(=O)CC(C)N)CC2)cc1.Cl. The third-order valence-corrected chi connectivity index (χ3v) is 4.00. The summed E-state index contributed by atoms with van der Waals surface area (Å²) in [7, 11) is 1.68. The summed E-state index contributed by atoms with van der Waals surface area (Å²) in [4.78, 5) is 16.5. The lowest BCUT2D eigenvalue weighted by molar-refractivity contribution is -0.131. The van der Waals surface area contributed by atoms with Gasteiger partial charge < -0.3 is 15.4 Å². The normalized spacial score (nSPS) is 17.1. The number of hydrogen-bond acceptors (Lipinski definition) is 4. The number of carbonyl (C=O) groups is 1. The van der Waals surface area contributed by atoms with Gasteiger partial charge in [-0.2, -0.15) is 0 Å². The molecule has 0 saturated carbocycles. The van der Waals surface area contributed by atoms with E-state index in [9.17, 15) is 4.79 Å². The number of hydrogen-bond donors (Lipinski definition) is 1. The van der Waals surface area contributed by atoms with Crippen molar-refractivity contribution in [2.75, 3.05) is 33.3 Å². The zero-order valence-corrected chi connectivity index (χ0v) is 14.8. The van der Waals surface area contributed by atoms with E-state index in [2.05, 4.69) is 17.0 Å². The highest BCUT2D eigenvalue weighted by Gasteiger charge is 2.19. The van der Waals surface area contributed by atoms with E-state index in [1.165, 1.54) is 5.56 Å². The minimum Gasteiger partial charge on any atom is -0.497 e. The van der Waals surface area contributed by atoms with Crippen LogP contribution in [-0.2, 0) is 11.3 Å². The van der Waals surface area contributed by atoms with Gasteiger partial charge in [0.2, 0.25) is 5.91 Å². The maximum Gasteiger partial charge on any atom is 0.224 e. The summed E-state index contributed by atoms with van der Waals surface area (Å²) in [6.45, 7) is 6.36. The molecule has 6 heteroatoms. The van der Waals surface area contributed by atoms with Gasteiger partial charge in [0.15, 0.2) is 0 Å². The Morgan fingerprint density at radius 3 is 2.52 bits per heavy atom. The molecule has 1 amide bonds. The van der Waals surface area contributed by atoms with E-state index >= 15 is 0 Å². The lowest BCUT2D eigenvalue weighted by atomic mass is 10.2. The van der Waals surface area contributed by atoms with Gasteiger partial charge in [-0.25, -0.2) is 0 Å². The minimum atomic E-state index is -0.0637. The monoisotopic (exact) mass is 341 g/mol. The van der Waals surface area contributed by atoms with Crippen LogP contribution in [0.5, 0.6) is 5.75 Å². The predicted molar refractivity (Wildman–Crippen MR) is 95.0 cm³/mol. The van der Waals surface area contributed by atoms with Gasteiger partial charge in [-0.05, 0) is 31.0 Å². The van der Waals surface area contributed by atoms with Crippen molar-refractivity contribution in [1.82, 2.24) is 9.80 Å². The average molecular weight is 342 g/mol. The minimum absolute atomic E-state index is 0. The van der Waals surface area contributed by atoms with Gasteiger partial charge in [-0.3, -0.25) is 9.69 Å². The quantitative estimate of drug-likeness (QED) is 0.888. The molecule has 1 unspecified atom stereocenters. The summed E-state index contributed by atoms with van der Waals surface area (Å²) in [5.74, 6) is 1.06. The molecule has 1 aromatic rings. The third kappa shape index (κ3) is 6.37. The molecule has 23 heavy (non-hydrogen) atoms. The summed E-state index contributed by atoms with van der Waals surface area (Å²) in [5, 5.41) is 0. The first-order chi connectivity index (χ1) is 10.6. The van der Waals surface area contributed by atoms with Gasteiger partial charge in [0.25, 0.3) is 0 Å². The zero-order chi connectivity index (χ0) is 15.9. The molecule has 1 atom stereocenters. The van der Waals surface area contributed by atoms with Crippen molar-refractivity contribution in [1.29, 1.82) is 0 Å². The zero-order valence-electron chi connectivity index (χ0n) is 14.0. The second-order valence-electron chi connectivity index (χ2n) is 6.04. The molecule has 0 aromatic heterocycles. The number of carbonyl (C=O) groups excluding carboxylic acids is 1. The fourth-order valence-electron chi connectivity index (χ4n) is 2.77. The van der Waals surface area contributed by atoms with Gasteiger partial charge in [-0.1, -0.05) is 12.1 Å². The number of ether oxygens (including phenoxy) is 1. The third-order valence-electron chi connectivity index (χ3n) is 4.00. The summed E-state index contributed by atoms with van der Waals surface area (Å²) in [6, 6.07) is 8.12. The Balaban J connectivity index is 0.00000264. The smallest absolute Gasteiger partial charge is 0.224 e. The van der Waals surface area contributed by atoms with Gasteiger partial charge in [0.05, 0.1) is 7.11 Å². The Morgan fingerprint density at radius 2 is 1.91 bits per heavy atom. The van der Waals surface area contributed by atoms with Gasteiger partial charge in [0, 0.05) is 45.2 Å². The van der Waals surface area contributed by atoms with Crippen LogP contribution in [0.4, 0.5) is 0 Å². The molecule has 1 saturated heterocycles. The van der Waals surface area contributed by atoms with Crippen molar-refractivity contribution >= 4 is 18.3 Å². The van der Waals surface area contributed by atoms with Crippen LogP contribution in [-0.4, -0.2) is 55.0 Å². The molecule has 0 spiro atoms. The summed E-state index contributed by atoms with van der Waals surface area (Å²) in [6.07, 6.45) is 1.46. The molecule has 1 aliphatic rings. The first-order valence-corrected chi connectivity index (χ1v) is 7.97. The van der Waals surface area contributed by atoms with Crippen LogP contribution in [0, 0.1) is 0 Å². The topological polar surface area (TPSA) is 58.8 Å².